The van der Waals surface area contributed by atoms with Gasteiger partial charge >= 0.3 is 0 Å². The standard InChI is InChI=1S/C10H11N3/c1-7(11-2)8-5-10-9(13-6-8)3-4-12-10/h3-6,12H,1-2H3. The Morgan fingerprint density at radius 2 is 2.38 bits per heavy atom. The van der Waals surface area contributed by atoms with Crippen molar-refractivity contribution in [3.63, 3.8) is 0 Å². The smallest absolute Gasteiger partial charge is 0.0879 e. The molecule has 0 bridgehead atoms. The Morgan fingerprint density at radius 3 is 3.15 bits per heavy atom. The maximum Gasteiger partial charge on any atom is 0.0879 e. The van der Waals surface area contributed by atoms with Crippen LogP contribution in [0.4, 0.5) is 0 Å². The lowest BCUT2D eigenvalue weighted by molar-refractivity contribution is 1.35. The second-order valence-corrected chi connectivity index (χ2v) is 2.94. The summed E-state index contributed by atoms with van der Waals surface area (Å²) in [5.41, 5.74) is 4.12. The molecule has 2 aromatic heterocycles. The zero-order valence-corrected chi connectivity index (χ0v) is 7.70. The van der Waals surface area contributed by atoms with Gasteiger partial charge in [-0.25, -0.2) is 0 Å². The third-order valence-corrected chi connectivity index (χ3v) is 2.15. The number of hydrogen-bond donors (Lipinski definition) is 1. The lowest BCUT2D eigenvalue weighted by Gasteiger charge is -1.98. The number of nitrogens with one attached hydrogen (secondary N) is 1. The van der Waals surface area contributed by atoms with Gasteiger partial charge in [-0.2, -0.15) is 0 Å². The third kappa shape index (κ3) is 1.33. The number of fused-ring (bicyclic) bond motifs is 1. The Balaban J connectivity index is 2.60. The van der Waals surface area contributed by atoms with Crippen LogP contribution in [0.1, 0.15) is 12.5 Å². The van der Waals surface area contributed by atoms with E-state index in [9.17, 15) is 0 Å². The molecule has 0 aliphatic heterocycles. The van der Waals surface area contributed by atoms with Gasteiger partial charge in [0, 0.05) is 30.7 Å². The number of rotatable bonds is 1. The number of aromatic amines is 1. The van der Waals surface area contributed by atoms with E-state index in [1.165, 1.54) is 0 Å². The second-order valence-electron chi connectivity index (χ2n) is 2.94. The van der Waals surface area contributed by atoms with Gasteiger partial charge in [-0.05, 0) is 19.1 Å². The summed E-state index contributed by atoms with van der Waals surface area (Å²) >= 11 is 0. The minimum Gasteiger partial charge on any atom is -0.360 e. The van der Waals surface area contributed by atoms with Gasteiger partial charge in [-0.3, -0.25) is 9.98 Å². The average Bonchev–Trinajstić information content (AvgIpc) is 2.63. The second kappa shape index (κ2) is 3.01. The van der Waals surface area contributed by atoms with E-state index in [0.29, 0.717) is 0 Å². The molecule has 0 fully saturated rings. The molecular weight excluding hydrogens is 162 g/mol. The Bertz CT molecular complexity index is 454. The highest BCUT2D eigenvalue weighted by Gasteiger charge is 1.99. The zero-order valence-electron chi connectivity index (χ0n) is 7.70. The Kier molecular flexibility index (Phi) is 1.85. The monoisotopic (exact) mass is 173 g/mol. The first-order valence-corrected chi connectivity index (χ1v) is 4.18. The van der Waals surface area contributed by atoms with Crippen LogP contribution in [-0.2, 0) is 0 Å². The number of hydrogen-bond acceptors (Lipinski definition) is 2. The molecule has 0 aliphatic rings. The van der Waals surface area contributed by atoms with Crippen LogP contribution in [0.5, 0.6) is 0 Å². The predicted molar refractivity (Wildman–Crippen MR) is 54.2 cm³/mol. The summed E-state index contributed by atoms with van der Waals surface area (Å²) in [4.78, 5) is 11.5. The van der Waals surface area contributed by atoms with E-state index < -0.39 is 0 Å². The van der Waals surface area contributed by atoms with Crippen molar-refractivity contribution in [2.45, 2.75) is 6.92 Å². The maximum atomic E-state index is 4.30. The van der Waals surface area contributed by atoms with Crippen LogP contribution in [0.25, 0.3) is 11.0 Å². The summed E-state index contributed by atoms with van der Waals surface area (Å²) in [6, 6.07) is 4.02. The highest BCUT2D eigenvalue weighted by molar-refractivity contribution is 6.00. The van der Waals surface area contributed by atoms with Crippen LogP contribution in [-0.4, -0.2) is 22.7 Å². The molecule has 0 amide bonds. The lowest BCUT2D eigenvalue weighted by atomic mass is 10.2. The fourth-order valence-electron chi connectivity index (χ4n) is 1.26. The van der Waals surface area contributed by atoms with Gasteiger partial charge in [0.1, 0.15) is 0 Å². The largest absolute Gasteiger partial charge is 0.360 e. The Labute approximate surface area is 76.5 Å². The minimum atomic E-state index is 0.993. The number of aromatic nitrogens is 2. The van der Waals surface area contributed by atoms with Crippen molar-refractivity contribution in [2.75, 3.05) is 7.05 Å². The topological polar surface area (TPSA) is 41.0 Å². The molecule has 3 nitrogen and oxygen atoms in total. The molecule has 2 heterocycles. The van der Waals surface area contributed by atoms with Crippen LogP contribution in [0.15, 0.2) is 29.5 Å². The number of nitrogens with zero attached hydrogens (tertiary/aromatic N) is 2. The van der Waals surface area contributed by atoms with Crippen molar-refractivity contribution in [1.29, 1.82) is 0 Å². The minimum absolute atomic E-state index is 0.993. The van der Waals surface area contributed by atoms with E-state index in [4.69, 9.17) is 0 Å². The molecule has 0 aromatic carbocycles. The van der Waals surface area contributed by atoms with Gasteiger partial charge < -0.3 is 4.98 Å². The quantitative estimate of drug-likeness (QED) is 0.658. The lowest BCUT2D eigenvalue weighted by Crippen LogP contribution is -1.94. The van der Waals surface area contributed by atoms with Crippen LogP contribution in [0, 0.1) is 0 Å². The van der Waals surface area contributed by atoms with E-state index in [0.717, 1.165) is 22.3 Å². The highest BCUT2D eigenvalue weighted by Crippen LogP contribution is 2.11. The van der Waals surface area contributed by atoms with Crippen LogP contribution in [0.3, 0.4) is 0 Å². The summed E-state index contributed by atoms with van der Waals surface area (Å²) in [5, 5.41) is 0. The van der Waals surface area contributed by atoms with Gasteiger partial charge in [0.15, 0.2) is 0 Å². The average molecular weight is 173 g/mol. The summed E-state index contributed by atoms with van der Waals surface area (Å²) in [5.74, 6) is 0. The van der Waals surface area contributed by atoms with E-state index in [1.54, 1.807) is 7.05 Å². The van der Waals surface area contributed by atoms with Crippen molar-refractivity contribution in [3.05, 3.63) is 30.1 Å². The summed E-state index contributed by atoms with van der Waals surface area (Å²) < 4.78 is 0. The van der Waals surface area contributed by atoms with E-state index >= 15 is 0 Å². The first kappa shape index (κ1) is 7.98. The van der Waals surface area contributed by atoms with Gasteiger partial charge in [0.25, 0.3) is 0 Å². The molecule has 2 rings (SSSR count). The molecule has 1 N–H and O–H groups in total. The van der Waals surface area contributed by atoms with Crippen LogP contribution in [0.2, 0.25) is 0 Å². The number of aliphatic imine (C=N–C) groups is 1. The van der Waals surface area contributed by atoms with E-state index in [-0.39, 0.29) is 0 Å². The van der Waals surface area contributed by atoms with Crippen LogP contribution < -0.4 is 0 Å². The predicted octanol–water partition coefficient (Wildman–Crippen LogP) is 2.00. The summed E-state index contributed by atoms with van der Waals surface area (Å²) in [6.07, 6.45) is 3.73. The first-order chi connectivity index (χ1) is 6.31. The van der Waals surface area contributed by atoms with Crippen molar-refractivity contribution in [3.8, 4) is 0 Å². The molecule has 66 valence electrons. The molecule has 0 unspecified atom stereocenters. The van der Waals surface area contributed by atoms with E-state index in [2.05, 4.69) is 21.0 Å². The first-order valence-electron chi connectivity index (χ1n) is 4.18. The van der Waals surface area contributed by atoms with Crippen molar-refractivity contribution in [2.24, 2.45) is 4.99 Å². The fraction of sp³-hybridized carbons (Fsp3) is 0.200. The van der Waals surface area contributed by atoms with Gasteiger partial charge in [0.2, 0.25) is 0 Å². The SMILES string of the molecule is CN=C(C)c1cnc2cc[nH]c2c1. The van der Waals surface area contributed by atoms with Gasteiger partial charge in [-0.1, -0.05) is 0 Å². The summed E-state index contributed by atoms with van der Waals surface area (Å²) in [6.45, 7) is 1.98. The maximum absolute atomic E-state index is 4.30. The molecule has 2 aromatic rings. The Hall–Kier alpha value is -1.64. The van der Waals surface area contributed by atoms with E-state index in [1.807, 2.05) is 25.4 Å². The molecular formula is C10H11N3. The van der Waals surface area contributed by atoms with Crippen molar-refractivity contribution >= 4 is 16.7 Å². The summed E-state index contributed by atoms with van der Waals surface area (Å²) in [7, 11) is 1.79. The zero-order chi connectivity index (χ0) is 9.26. The molecule has 3 heteroatoms. The van der Waals surface area contributed by atoms with Gasteiger partial charge in [-0.15, -0.1) is 0 Å². The number of pyridine rings is 1. The molecule has 0 radical (unpaired) electrons. The molecule has 0 saturated heterocycles. The molecule has 0 saturated carbocycles. The van der Waals surface area contributed by atoms with Crippen molar-refractivity contribution in [1.82, 2.24) is 9.97 Å². The molecule has 0 spiro atoms. The highest BCUT2D eigenvalue weighted by atomic mass is 14.8. The fourth-order valence-corrected chi connectivity index (χ4v) is 1.26. The molecule has 0 atom stereocenters. The molecule has 0 aliphatic carbocycles. The third-order valence-electron chi connectivity index (χ3n) is 2.15. The molecule has 13 heavy (non-hydrogen) atoms. The normalized spacial score (nSPS) is 12.3. The van der Waals surface area contributed by atoms with Crippen molar-refractivity contribution < 1.29 is 0 Å². The Morgan fingerprint density at radius 1 is 1.54 bits per heavy atom. The van der Waals surface area contributed by atoms with Gasteiger partial charge in [0.05, 0.1) is 11.0 Å². The number of H-pyrrole nitrogens is 1. The van der Waals surface area contributed by atoms with Crippen LogP contribution >= 0.6 is 0 Å².